The number of Topliss-reactive ketones (excluding diaryl/α,β-unsaturated/α-hetero) is 1. The van der Waals surface area contributed by atoms with Crippen LogP contribution in [-0.4, -0.2) is 17.7 Å². The lowest BCUT2D eigenvalue weighted by Crippen LogP contribution is -2.32. The lowest BCUT2D eigenvalue weighted by Gasteiger charge is -2.19. The summed E-state index contributed by atoms with van der Waals surface area (Å²) in [6.07, 6.45) is 0. The zero-order valence-electron chi connectivity index (χ0n) is 10.4. The number of nitrogen functional groups attached to an aromatic ring is 1. The summed E-state index contributed by atoms with van der Waals surface area (Å²) in [7, 11) is 0. The largest absolute Gasteiger partial charge is 0.384 e. The molecule has 1 aromatic carbocycles. The van der Waals surface area contributed by atoms with Crippen molar-refractivity contribution < 1.29 is 4.79 Å². The van der Waals surface area contributed by atoms with E-state index in [1.807, 2.05) is 26.0 Å². The highest BCUT2D eigenvalue weighted by Crippen LogP contribution is 2.16. The average molecular weight is 233 g/mol. The fourth-order valence-corrected chi connectivity index (χ4v) is 1.67. The highest BCUT2D eigenvalue weighted by molar-refractivity contribution is 5.95. The minimum absolute atomic E-state index is 0.0127. The first-order valence-corrected chi connectivity index (χ1v) is 5.62. The molecule has 0 amide bonds. The standard InChI is InChI=1S/C13H19N3O/c1-8(2)16-12(9(3)17)10-5-4-6-11(7-10)13(14)15/h4-8,12,16H,1-3H3,(H3,14,15). The van der Waals surface area contributed by atoms with Gasteiger partial charge in [-0.05, 0) is 32.4 Å². The Morgan fingerprint density at radius 2 is 2.06 bits per heavy atom. The molecule has 0 spiro atoms. The van der Waals surface area contributed by atoms with Crippen molar-refractivity contribution in [3.8, 4) is 0 Å². The topological polar surface area (TPSA) is 79.0 Å². The lowest BCUT2D eigenvalue weighted by molar-refractivity contribution is -0.119. The van der Waals surface area contributed by atoms with Crippen molar-refractivity contribution >= 4 is 11.6 Å². The van der Waals surface area contributed by atoms with Crippen molar-refractivity contribution in [2.75, 3.05) is 0 Å². The molecule has 1 unspecified atom stereocenters. The molecule has 0 radical (unpaired) electrons. The van der Waals surface area contributed by atoms with Crippen molar-refractivity contribution in [3.05, 3.63) is 35.4 Å². The lowest BCUT2D eigenvalue weighted by atomic mass is 10.00. The second-order valence-electron chi connectivity index (χ2n) is 4.40. The van der Waals surface area contributed by atoms with Gasteiger partial charge in [-0.25, -0.2) is 0 Å². The van der Waals surface area contributed by atoms with Gasteiger partial charge in [0.2, 0.25) is 0 Å². The number of carbonyl (C=O) groups is 1. The van der Waals surface area contributed by atoms with Crippen molar-refractivity contribution in [1.29, 1.82) is 5.41 Å². The Bertz CT molecular complexity index is 426. The van der Waals surface area contributed by atoms with Gasteiger partial charge < -0.3 is 11.1 Å². The Hall–Kier alpha value is -1.68. The van der Waals surface area contributed by atoms with Gasteiger partial charge in [0.1, 0.15) is 5.84 Å². The molecule has 1 atom stereocenters. The smallest absolute Gasteiger partial charge is 0.151 e. The highest BCUT2D eigenvalue weighted by atomic mass is 16.1. The molecule has 4 nitrogen and oxygen atoms in total. The molecular weight excluding hydrogens is 214 g/mol. The molecule has 0 aliphatic rings. The van der Waals surface area contributed by atoms with E-state index in [0.717, 1.165) is 5.56 Å². The summed E-state index contributed by atoms with van der Waals surface area (Å²) in [4.78, 5) is 11.6. The van der Waals surface area contributed by atoms with Gasteiger partial charge in [-0.3, -0.25) is 10.2 Å². The predicted octanol–water partition coefficient (Wildman–Crippen LogP) is 1.60. The SMILES string of the molecule is CC(=O)C(NC(C)C)c1cccc(C(=N)N)c1. The van der Waals surface area contributed by atoms with Crippen LogP contribution in [-0.2, 0) is 4.79 Å². The molecule has 17 heavy (non-hydrogen) atoms. The minimum atomic E-state index is -0.339. The molecule has 92 valence electrons. The molecular formula is C13H19N3O. The first kappa shape index (κ1) is 13.4. The summed E-state index contributed by atoms with van der Waals surface area (Å²) in [5, 5.41) is 10.6. The number of ketones is 1. The van der Waals surface area contributed by atoms with Crippen LogP contribution < -0.4 is 11.1 Å². The summed E-state index contributed by atoms with van der Waals surface area (Å²) in [6, 6.07) is 7.10. The van der Waals surface area contributed by atoms with Gasteiger partial charge in [-0.2, -0.15) is 0 Å². The van der Waals surface area contributed by atoms with Crippen LogP contribution in [0.5, 0.6) is 0 Å². The molecule has 0 fully saturated rings. The van der Waals surface area contributed by atoms with Crippen molar-refractivity contribution in [2.24, 2.45) is 5.73 Å². The number of carbonyl (C=O) groups excluding carboxylic acids is 1. The Morgan fingerprint density at radius 3 is 2.53 bits per heavy atom. The van der Waals surface area contributed by atoms with Gasteiger partial charge in [0.15, 0.2) is 5.78 Å². The van der Waals surface area contributed by atoms with Crippen LogP contribution in [0.15, 0.2) is 24.3 Å². The fourth-order valence-electron chi connectivity index (χ4n) is 1.67. The van der Waals surface area contributed by atoms with Crippen LogP contribution in [0.2, 0.25) is 0 Å². The van der Waals surface area contributed by atoms with Gasteiger partial charge in [-0.15, -0.1) is 0 Å². The number of nitrogens with one attached hydrogen (secondary N) is 2. The second kappa shape index (κ2) is 5.59. The summed E-state index contributed by atoms with van der Waals surface area (Å²) in [6.45, 7) is 5.54. The molecule has 0 saturated heterocycles. The van der Waals surface area contributed by atoms with Crippen LogP contribution >= 0.6 is 0 Å². The third-order valence-electron chi connectivity index (χ3n) is 2.44. The van der Waals surface area contributed by atoms with Crippen LogP contribution in [0.3, 0.4) is 0 Å². The highest BCUT2D eigenvalue weighted by Gasteiger charge is 2.17. The number of amidine groups is 1. The molecule has 1 rings (SSSR count). The molecule has 0 saturated carbocycles. The third-order valence-corrected chi connectivity index (χ3v) is 2.44. The van der Waals surface area contributed by atoms with Crippen molar-refractivity contribution in [2.45, 2.75) is 32.9 Å². The van der Waals surface area contributed by atoms with Crippen LogP contribution in [0, 0.1) is 5.41 Å². The van der Waals surface area contributed by atoms with Gasteiger partial charge in [0.25, 0.3) is 0 Å². The van der Waals surface area contributed by atoms with Crippen molar-refractivity contribution in [1.82, 2.24) is 5.32 Å². The first-order valence-electron chi connectivity index (χ1n) is 5.62. The molecule has 4 N–H and O–H groups in total. The summed E-state index contributed by atoms with van der Waals surface area (Å²) >= 11 is 0. The molecule has 0 aliphatic heterocycles. The van der Waals surface area contributed by atoms with E-state index in [1.54, 1.807) is 19.1 Å². The maximum atomic E-state index is 11.6. The number of rotatable bonds is 5. The van der Waals surface area contributed by atoms with E-state index in [2.05, 4.69) is 5.32 Å². The Labute approximate surface area is 102 Å². The molecule has 1 aromatic rings. The Balaban J connectivity index is 3.05. The van der Waals surface area contributed by atoms with E-state index in [4.69, 9.17) is 11.1 Å². The van der Waals surface area contributed by atoms with E-state index in [0.29, 0.717) is 5.56 Å². The summed E-state index contributed by atoms with van der Waals surface area (Å²) in [5.74, 6) is 0.0677. The van der Waals surface area contributed by atoms with Gasteiger partial charge in [0.05, 0.1) is 6.04 Å². The maximum Gasteiger partial charge on any atom is 0.151 e. The maximum absolute atomic E-state index is 11.6. The molecule has 0 bridgehead atoms. The quantitative estimate of drug-likeness (QED) is 0.534. The third kappa shape index (κ3) is 3.67. The van der Waals surface area contributed by atoms with E-state index in [9.17, 15) is 4.79 Å². The number of hydrogen-bond acceptors (Lipinski definition) is 3. The normalized spacial score (nSPS) is 12.5. The second-order valence-corrected chi connectivity index (χ2v) is 4.40. The average Bonchev–Trinajstić information content (AvgIpc) is 2.25. The van der Waals surface area contributed by atoms with E-state index >= 15 is 0 Å². The Morgan fingerprint density at radius 1 is 1.41 bits per heavy atom. The monoisotopic (exact) mass is 233 g/mol. The van der Waals surface area contributed by atoms with Gasteiger partial charge in [0, 0.05) is 11.6 Å². The van der Waals surface area contributed by atoms with Crippen LogP contribution in [0.25, 0.3) is 0 Å². The number of hydrogen-bond donors (Lipinski definition) is 3. The van der Waals surface area contributed by atoms with Crippen LogP contribution in [0.1, 0.15) is 37.9 Å². The fraction of sp³-hybridized carbons (Fsp3) is 0.385. The van der Waals surface area contributed by atoms with E-state index in [1.165, 1.54) is 0 Å². The number of benzene rings is 1. The van der Waals surface area contributed by atoms with E-state index < -0.39 is 0 Å². The zero-order valence-corrected chi connectivity index (χ0v) is 10.4. The van der Waals surface area contributed by atoms with Gasteiger partial charge in [-0.1, -0.05) is 18.2 Å². The van der Waals surface area contributed by atoms with E-state index in [-0.39, 0.29) is 23.7 Å². The molecule has 0 aromatic heterocycles. The first-order chi connectivity index (χ1) is 7.91. The van der Waals surface area contributed by atoms with Crippen molar-refractivity contribution in [3.63, 3.8) is 0 Å². The summed E-state index contributed by atoms with van der Waals surface area (Å²) in [5.41, 5.74) is 6.92. The molecule has 4 heteroatoms. The molecule has 0 aliphatic carbocycles. The molecule has 0 heterocycles. The van der Waals surface area contributed by atoms with Crippen LogP contribution in [0.4, 0.5) is 0 Å². The predicted molar refractivity (Wildman–Crippen MR) is 69.2 cm³/mol. The minimum Gasteiger partial charge on any atom is -0.384 e. The summed E-state index contributed by atoms with van der Waals surface area (Å²) < 4.78 is 0. The number of nitrogens with two attached hydrogens (primary N) is 1. The Kier molecular flexibility index (Phi) is 4.40. The van der Waals surface area contributed by atoms with Gasteiger partial charge >= 0.3 is 0 Å². The zero-order chi connectivity index (χ0) is 13.0.